The van der Waals surface area contributed by atoms with E-state index < -0.39 is 0 Å². The largest absolute Gasteiger partial charge is 0.380 e. The van der Waals surface area contributed by atoms with Crippen LogP contribution in [-0.4, -0.2) is 25.8 Å². The second-order valence-electron chi connectivity index (χ2n) is 3.93. The van der Waals surface area contributed by atoms with Gasteiger partial charge in [0.2, 0.25) is 0 Å². The molecule has 78 valence electrons. The molecule has 0 aromatic carbocycles. The molecule has 1 atom stereocenters. The van der Waals surface area contributed by atoms with E-state index in [1.54, 1.807) is 0 Å². The lowest BCUT2D eigenvalue weighted by atomic mass is 10.1. The van der Waals surface area contributed by atoms with Gasteiger partial charge in [-0.3, -0.25) is 0 Å². The highest BCUT2D eigenvalue weighted by Gasteiger charge is 2.11. The lowest BCUT2D eigenvalue weighted by molar-refractivity contribution is 0.100. The Morgan fingerprint density at radius 2 is 2.23 bits per heavy atom. The van der Waals surface area contributed by atoms with E-state index in [0.717, 1.165) is 13.2 Å². The predicted octanol–water partition coefficient (Wildman–Crippen LogP) is 2.34. The zero-order chi connectivity index (χ0) is 9.36. The minimum absolute atomic E-state index is 0.635. The highest BCUT2D eigenvalue weighted by molar-refractivity contribution is 4.71. The molecule has 1 saturated heterocycles. The van der Waals surface area contributed by atoms with E-state index in [4.69, 9.17) is 4.74 Å². The van der Waals surface area contributed by atoms with Crippen molar-refractivity contribution in [1.29, 1.82) is 0 Å². The molecule has 1 unspecified atom stereocenters. The molecule has 1 fully saturated rings. The summed E-state index contributed by atoms with van der Waals surface area (Å²) in [5.41, 5.74) is 0. The van der Waals surface area contributed by atoms with Crippen LogP contribution in [0.25, 0.3) is 0 Å². The molecule has 2 nitrogen and oxygen atoms in total. The highest BCUT2D eigenvalue weighted by atomic mass is 16.5. The van der Waals surface area contributed by atoms with Gasteiger partial charge in [-0.1, -0.05) is 26.2 Å². The first-order valence-electron chi connectivity index (χ1n) is 5.74. The number of unbranched alkanes of at least 4 members (excludes halogenated alkanes) is 2. The molecular formula is C11H23NO. The van der Waals surface area contributed by atoms with Gasteiger partial charge in [-0.05, 0) is 25.8 Å². The summed E-state index contributed by atoms with van der Waals surface area (Å²) in [6.45, 7) is 5.28. The Kier molecular flexibility index (Phi) is 6.21. The second-order valence-corrected chi connectivity index (χ2v) is 3.93. The van der Waals surface area contributed by atoms with E-state index in [1.807, 2.05) is 0 Å². The molecule has 0 radical (unpaired) electrons. The maximum Gasteiger partial charge on any atom is 0.0619 e. The normalized spacial score (nSPS) is 23.3. The lowest BCUT2D eigenvalue weighted by Gasteiger charge is -2.23. The minimum atomic E-state index is 0.635. The average Bonchev–Trinajstić information content (AvgIpc) is 2.19. The Labute approximate surface area is 82.0 Å². The van der Waals surface area contributed by atoms with Crippen molar-refractivity contribution < 1.29 is 4.74 Å². The summed E-state index contributed by atoms with van der Waals surface area (Å²) in [4.78, 5) is 0. The number of nitrogens with one attached hydrogen (secondary N) is 1. The van der Waals surface area contributed by atoms with Crippen molar-refractivity contribution in [2.45, 2.75) is 51.5 Å². The van der Waals surface area contributed by atoms with Crippen LogP contribution in [-0.2, 0) is 4.74 Å². The lowest BCUT2D eigenvalue weighted by Crippen LogP contribution is -2.37. The van der Waals surface area contributed by atoms with E-state index in [0.29, 0.717) is 6.04 Å². The first-order valence-corrected chi connectivity index (χ1v) is 5.74. The third kappa shape index (κ3) is 5.27. The molecule has 0 amide bonds. The third-order valence-corrected chi connectivity index (χ3v) is 2.62. The molecule has 0 aliphatic carbocycles. The number of hydrogen-bond donors (Lipinski definition) is 1. The van der Waals surface area contributed by atoms with E-state index in [-0.39, 0.29) is 0 Å². The van der Waals surface area contributed by atoms with E-state index in [2.05, 4.69) is 12.2 Å². The van der Waals surface area contributed by atoms with Crippen LogP contribution in [0.5, 0.6) is 0 Å². The quantitative estimate of drug-likeness (QED) is 0.641. The third-order valence-electron chi connectivity index (χ3n) is 2.62. The molecule has 1 aliphatic heterocycles. The van der Waals surface area contributed by atoms with Crippen LogP contribution in [0.4, 0.5) is 0 Å². The zero-order valence-electron chi connectivity index (χ0n) is 8.85. The van der Waals surface area contributed by atoms with Crippen LogP contribution in [0.2, 0.25) is 0 Å². The fourth-order valence-corrected chi connectivity index (χ4v) is 1.75. The number of rotatable bonds is 6. The van der Waals surface area contributed by atoms with Crippen molar-refractivity contribution >= 4 is 0 Å². The van der Waals surface area contributed by atoms with Gasteiger partial charge in [0.15, 0.2) is 0 Å². The molecule has 0 bridgehead atoms. The topological polar surface area (TPSA) is 21.3 Å². The Balaban J connectivity index is 1.86. The first kappa shape index (κ1) is 11.0. The maximum absolute atomic E-state index is 5.61. The van der Waals surface area contributed by atoms with Crippen molar-refractivity contribution in [2.75, 3.05) is 19.8 Å². The van der Waals surface area contributed by atoms with Gasteiger partial charge in [0.25, 0.3) is 0 Å². The van der Waals surface area contributed by atoms with Crippen molar-refractivity contribution in [2.24, 2.45) is 0 Å². The number of piperidine rings is 1. The Hall–Kier alpha value is -0.0800. The molecule has 0 spiro atoms. The molecule has 13 heavy (non-hydrogen) atoms. The minimum Gasteiger partial charge on any atom is -0.380 e. The summed E-state index contributed by atoms with van der Waals surface area (Å²) in [6.07, 6.45) is 7.82. The van der Waals surface area contributed by atoms with Gasteiger partial charge in [-0.25, -0.2) is 0 Å². The van der Waals surface area contributed by atoms with Crippen molar-refractivity contribution in [3.63, 3.8) is 0 Å². The van der Waals surface area contributed by atoms with Crippen LogP contribution in [0, 0.1) is 0 Å². The van der Waals surface area contributed by atoms with Crippen LogP contribution >= 0.6 is 0 Å². The monoisotopic (exact) mass is 185 g/mol. The zero-order valence-corrected chi connectivity index (χ0v) is 8.85. The molecular weight excluding hydrogens is 162 g/mol. The van der Waals surface area contributed by atoms with Gasteiger partial charge < -0.3 is 10.1 Å². The van der Waals surface area contributed by atoms with Gasteiger partial charge >= 0.3 is 0 Å². The Morgan fingerprint density at radius 1 is 1.31 bits per heavy atom. The van der Waals surface area contributed by atoms with Crippen LogP contribution < -0.4 is 5.32 Å². The SMILES string of the molecule is CCCCCOCC1CCCCN1. The van der Waals surface area contributed by atoms with Crippen molar-refractivity contribution in [3.05, 3.63) is 0 Å². The standard InChI is InChI=1S/C11H23NO/c1-2-3-6-9-13-10-11-7-4-5-8-12-11/h11-12H,2-10H2,1H3. The molecule has 1 heterocycles. The van der Waals surface area contributed by atoms with Gasteiger partial charge in [0.1, 0.15) is 0 Å². The predicted molar refractivity (Wildman–Crippen MR) is 56.0 cm³/mol. The maximum atomic E-state index is 5.61. The summed E-state index contributed by atoms with van der Waals surface area (Å²) in [5.74, 6) is 0. The molecule has 1 rings (SSSR count). The van der Waals surface area contributed by atoms with E-state index in [9.17, 15) is 0 Å². The first-order chi connectivity index (χ1) is 6.43. The molecule has 1 N–H and O–H groups in total. The number of ether oxygens (including phenoxy) is 1. The molecule has 1 aliphatic rings. The molecule has 0 saturated carbocycles. The molecule has 0 aromatic rings. The van der Waals surface area contributed by atoms with Gasteiger partial charge in [-0.2, -0.15) is 0 Å². The summed E-state index contributed by atoms with van der Waals surface area (Å²) < 4.78 is 5.61. The van der Waals surface area contributed by atoms with Crippen molar-refractivity contribution in [3.8, 4) is 0 Å². The fourth-order valence-electron chi connectivity index (χ4n) is 1.75. The van der Waals surface area contributed by atoms with E-state index in [1.165, 1.54) is 45.1 Å². The fraction of sp³-hybridized carbons (Fsp3) is 1.00. The average molecular weight is 185 g/mol. The number of hydrogen-bond acceptors (Lipinski definition) is 2. The van der Waals surface area contributed by atoms with Crippen LogP contribution in [0.1, 0.15) is 45.4 Å². The second kappa shape index (κ2) is 7.34. The Bertz CT molecular complexity index is 111. The van der Waals surface area contributed by atoms with Gasteiger partial charge in [0.05, 0.1) is 6.61 Å². The van der Waals surface area contributed by atoms with Crippen LogP contribution in [0.15, 0.2) is 0 Å². The van der Waals surface area contributed by atoms with Gasteiger partial charge in [-0.15, -0.1) is 0 Å². The summed E-state index contributed by atoms with van der Waals surface area (Å²) in [6, 6.07) is 0.635. The van der Waals surface area contributed by atoms with Crippen LogP contribution in [0.3, 0.4) is 0 Å². The molecule has 2 heteroatoms. The summed E-state index contributed by atoms with van der Waals surface area (Å²) in [5, 5.41) is 3.48. The summed E-state index contributed by atoms with van der Waals surface area (Å²) in [7, 11) is 0. The molecule has 0 aromatic heterocycles. The van der Waals surface area contributed by atoms with E-state index >= 15 is 0 Å². The highest BCUT2D eigenvalue weighted by Crippen LogP contribution is 2.07. The Morgan fingerprint density at radius 3 is 2.92 bits per heavy atom. The van der Waals surface area contributed by atoms with Crippen molar-refractivity contribution in [1.82, 2.24) is 5.32 Å². The van der Waals surface area contributed by atoms with Gasteiger partial charge in [0, 0.05) is 12.6 Å². The summed E-state index contributed by atoms with van der Waals surface area (Å²) >= 11 is 0. The smallest absolute Gasteiger partial charge is 0.0619 e.